The molecule has 2 aromatic heterocycles. The Morgan fingerprint density at radius 1 is 1.38 bits per heavy atom. The molecule has 4 nitrogen and oxygen atoms in total. The van der Waals surface area contributed by atoms with Crippen LogP contribution in [0.3, 0.4) is 0 Å². The molecule has 1 N–H and O–H groups in total. The van der Waals surface area contributed by atoms with E-state index >= 15 is 0 Å². The molecule has 0 aliphatic rings. The van der Waals surface area contributed by atoms with E-state index in [1.165, 1.54) is 23.5 Å². The average molecular weight is 308 g/mol. The molecule has 0 saturated carbocycles. The molecule has 0 spiro atoms. The van der Waals surface area contributed by atoms with Crippen LogP contribution in [0.2, 0.25) is 0 Å². The van der Waals surface area contributed by atoms with Crippen molar-refractivity contribution in [1.29, 1.82) is 0 Å². The van der Waals surface area contributed by atoms with Crippen LogP contribution in [0.15, 0.2) is 29.8 Å². The van der Waals surface area contributed by atoms with Crippen molar-refractivity contribution in [2.24, 2.45) is 0 Å². The maximum Gasteiger partial charge on any atom is 0.303 e. The molecule has 0 bridgehead atoms. The summed E-state index contributed by atoms with van der Waals surface area (Å²) in [5.41, 5.74) is 1.42. The van der Waals surface area contributed by atoms with Gasteiger partial charge in [0.15, 0.2) is 4.96 Å². The highest BCUT2D eigenvalue weighted by molar-refractivity contribution is 7.15. The van der Waals surface area contributed by atoms with Crippen molar-refractivity contribution in [3.8, 4) is 11.3 Å². The van der Waals surface area contributed by atoms with Gasteiger partial charge in [-0.2, -0.15) is 0 Å². The number of hydrogen-bond acceptors (Lipinski definition) is 3. The Morgan fingerprint density at radius 2 is 2.19 bits per heavy atom. The summed E-state index contributed by atoms with van der Waals surface area (Å²) in [7, 11) is 0. The summed E-state index contributed by atoms with van der Waals surface area (Å²) in [6.07, 6.45) is 2.03. The lowest BCUT2D eigenvalue weighted by Crippen LogP contribution is -1.99. The van der Waals surface area contributed by atoms with Gasteiger partial charge < -0.3 is 5.11 Å². The molecule has 108 valence electrons. The minimum Gasteiger partial charge on any atom is -0.481 e. The Labute approximate surface area is 122 Å². The first-order valence-corrected chi connectivity index (χ1v) is 7.05. The second kappa shape index (κ2) is 5.25. The van der Waals surface area contributed by atoms with E-state index in [1.807, 2.05) is 5.38 Å². The molecule has 21 heavy (non-hydrogen) atoms. The molecule has 7 heteroatoms. The van der Waals surface area contributed by atoms with Gasteiger partial charge in [-0.05, 0) is 18.6 Å². The highest BCUT2D eigenvalue weighted by Gasteiger charge is 2.13. The smallest absolute Gasteiger partial charge is 0.303 e. The van der Waals surface area contributed by atoms with Crippen LogP contribution in [0.4, 0.5) is 8.78 Å². The van der Waals surface area contributed by atoms with E-state index in [0.29, 0.717) is 17.1 Å². The first-order valence-electron chi connectivity index (χ1n) is 6.17. The SMILES string of the molecule is O=C(O)CCc1csc2nc(-c3ccc(F)cc3F)cn12. The summed E-state index contributed by atoms with van der Waals surface area (Å²) < 4.78 is 28.4. The topological polar surface area (TPSA) is 54.6 Å². The zero-order valence-corrected chi connectivity index (χ0v) is 11.5. The first kappa shape index (κ1) is 13.7. The maximum atomic E-state index is 13.8. The molecular formula is C14H10F2N2O2S. The van der Waals surface area contributed by atoms with Crippen molar-refractivity contribution in [2.75, 3.05) is 0 Å². The van der Waals surface area contributed by atoms with Crippen LogP contribution in [0.25, 0.3) is 16.2 Å². The molecule has 1 aromatic carbocycles. The molecule has 3 rings (SSSR count). The van der Waals surface area contributed by atoms with Crippen molar-refractivity contribution in [2.45, 2.75) is 12.8 Å². The molecule has 0 fully saturated rings. The molecule has 0 unspecified atom stereocenters. The van der Waals surface area contributed by atoms with E-state index in [4.69, 9.17) is 5.11 Å². The van der Waals surface area contributed by atoms with Gasteiger partial charge in [0.25, 0.3) is 0 Å². The standard InChI is InChI=1S/C14H10F2N2O2S/c15-8-1-3-10(11(16)5-8)12-6-18-9(2-4-13(19)20)7-21-14(18)17-12/h1,3,5-7H,2,4H2,(H,19,20). The third-order valence-corrected chi connectivity index (χ3v) is 3.97. The predicted octanol–water partition coefficient (Wildman–Crippen LogP) is 3.36. The fourth-order valence-corrected chi connectivity index (χ4v) is 2.98. The monoisotopic (exact) mass is 308 g/mol. The number of carboxylic acid groups (broad SMARTS) is 1. The average Bonchev–Trinajstić information content (AvgIpc) is 2.96. The van der Waals surface area contributed by atoms with Gasteiger partial charge in [0, 0.05) is 28.9 Å². The number of thiazole rings is 1. The van der Waals surface area contributed by atoms with E-state index in [1.54, 1.807) is 10.6 Å². The van der Waals surface area contributed by atoms with Gasteiger partial charge in [0.05, 0.1) is 12.1 Å². The van der Waals surface area contributed by atoms with Gasteiger partial charge in [-0.1, -0.05) is 0 Å². The van der Waals surface area contributed by atoms with Gasteiger partial charge in [0.1, 0.15) is 11.6 Å². The van der Waals surface area contributed by atoms with Crippen molar-refractivity contribution in [3.05, 3.63) is 47.1 Å². The molecule has 0 aliphatic carbocycles. The molecule has 0 saturated heterocycles. The number of nitrogens with zero attached hydrogens (tertiary/aromatic N) is 2. The summed E-state index contributed by atoms with van der Waals surface area (Å²) in [6.45, 7) is 0. The number of benzene rings is 1. The molecule has 0 radical (unpaired) electrons. The van der Waals surface area contributed by atoms with E-state index < -0.39 is 17.6 Å². The lowest BCUT2D eigenvalue weighted by molar-refractivity contribution is -0.136. The van der Waals surface area contributed by atoms with Gasteiger partial charge in [-0.15, -0.1) is 11.3 Å². The van der Waals surface area contributed by atoms with Crippen LogP contribution in [0.1, 0.15) is 12.1 Å². The quantitative estimate of drug-likeness (QED) is 0.804. The van der Waals surface area contributed by atoms with Crippen LogP contribution in [0, 0.1) is 11.6 Å². The molecule has 3 aromatic rings. The van der Waals surface area contributed by atoms with Crippen LogP contribution in [-0.4, -0.2) is 20.5 Å². The number of imidazole rings is 1. The summed E-state index contributed by atoms with van der Waals surface area (Å²) >= 11 is 1.35. The predicted molar refractivity (Wildman–Crippen MR) is 74.4 cm³/mol. The number of rotatable bonds is 4. The summed E-state index contributed by atoms with van der Waals surface area (Å²) in [5.74, 6) is -2.19. The number of carbonyl (C=O) groups is 1. The van der Waals surface area contributed by atoms with Crippen LogP contribution >= 0.6 is 11.3 Å². The second-order valence-corrected chi connectivity index (χ2v) is 5.36. The Kier molecular flexibility index (Phi) is 3.42. The summed E-state index contributed by atoms with van der Waals surface area (Å²) in [5, 5.41) is 10.6. The number of halogens is 2. The van der Waals surface area contributed by atoms with Crippen molar-refractivity contribution in [3.63, 3.8) is 0 Å². The van der Waals surface area contributed by atoms with E-state index in [0.717, 1.165) is 11.8 Å². The van der Waals surface area contributed by atoms with Crippen molar-refractivity contribution >= 4 is 22.3 Å². The molecule has 0 atom stereocenters. The fourth-order valence-electron chi connectivity index (χ4n) is 2.07. The van der Waals surface area contributed by atoms with Crippen molar-refractivity contribution < 1.29 is 18.7 Å². The maximum absolute atomic E-state index is 13.8. The van der Waals surface area contributed by atoms with Gasteiger partial charge in [-0.25, -0.2) is 13.8 Å². The Morgan fingerprint density at radius 3 is 2.90 bits per heavy atom. The third-order valence-electron chi connectivity index (χ3n) is 3.09. The fraction of sp³-hybridized carbons (Fsp3) is 0.143. The third kappa shape index (κ3) is 2.64. The molecule has 0 amide bonds. The Hall–Kier alpha value is -2.28. The van der Waals surface area contributed by atoms with Gasteiger partial charge in [-0.3, -0.25) is 9.20 Å². The minimum atomic E-state index is -0.876. The lowest BCUT2D eigenvalue weighted by atomic mass is 10.1. The number of aliphatic carboxylic acids is 1. The van der Waals surface area contributed by atoms with Crippen LogP contribution in [0.5, 0.6) is 0 Å². The largest absolute Gasteiger partial charge is 0.481 e. The lowest BCUT2D eigenvalue weighted by Gasteiger charge is -1.99. The number of aryl methyl sites for hydroxylation is 1. The van der Waals surface area contributed by atoms with Crippen LogP contribution < -0.4 is 0 Å². The number of fused-ring (bicyclic) bond motifs is 1. The van der Waals surface area contributed by atoms with Gasteiger partial charge >= 0.3 is 5.97 Å². The van der Waals surface area contributed by atoms with Gasteiger partial charge in [0.2, 0.25) is 0 Å². The number of carboxylic acids is 1. The zero-order chi connectivity index (χ0) is 15.0. The summed E-state index contributed by atoms with van der Waals surface area (Å²) in [6, 6.07) is 3.33. The van der Waals surface area contributed by atoms with E-state index in [9.17, 15) is 13.6 Å². The number of hydrogen-bond donors (Lipinski definition) is 1. The highest BCUT2D eigenvalue weighted by Crippen LogP contribution is 2.26. The normalized spacial score (nSPS) is 11.1. The van der Waals surface area contributed by atoms with E-state index in [-0.39, 0.29) is 12.0 Å². The van der Waals surface area contributed by atoms with Crippen LogP contribution in [-0.2, 0) is 11.2 Å². The molecule has 2 heterocycles. The number of aromatic nitrogens is 2. The Bertz CT molecular complexity index is 826. The second-order valence-electron chi connectivity index (χ2n) is 4.52. The van der Waals surface area contributed by atoms with E-state index in [2.05, 4.69) is 4.98 Å². The highest BCUT2D eigenvalue weighted by atomic mass is 32.1. The Balaban J connectivity index is 1.99. The molecular weight excluding hydrogens is 298 g/mol. The first-order chi connectivity index (χ1) is 10.0. The van der Waals surface area contributed by atoms with Crippen molar-refractivity contribution in [1.82, 2.24) is 9.38 Å². The molecule has 0 aliphatic heterocycles. The minimum absolute atomic E-state index is 0.0181. The summed E-state index contributed by atoms with van der Waals surface area (Å²) in [4.78, 5) is 15.6. The zero-order valence-electron chi connectivity index (χ0n) is 10.7.